The highest BCUT2D eigenvalue weighted by Crippen LogP contribution is 2.10. The molecule has 1 aromatic carbocycles. The number of rotatable bonds is 4. The van der Waals surface area contributed by atoms with E-state index in [0.717, 1.165) is 5.69 Å². The van der Waals surface area contributed by atoms with Gasteiger partial charge in [0.15, 0.2) is 5.82 Å². The molecule has 1 amide bonds. The van der Waals surface area contributed by atoms with Crippen LogP contribution in [0.2, 0.25) is 0 Å². The molecule has 0 saturated heterocycles. The number of aromatic nitrogens is 3. The molecular formula is C14H12N4O2. The van der Waals surface area contributed by atoms with E-state index in [0.29, 0.717) is 11.5 Å². The molecule has 100 valence electrons. The summed E-state index contributed by atoms with van der Waals surface area (Å²) in [5, 5.41) is 10.7. The van der Waals surface area contributed by atoms with Crippen LogP contribution in [-0.2, 0) is 11.2 Å². The summed E-state index contributed by atoms with van der Waals surface area (Å²) in [6, 6.07) is 13.1. The van der Waals surface area contributed by atoms with Gasteiger partial charge in [-0.2, -0.15) is 5.10 Å². The number of carbonyl (C=O) groups is 1. The number of anilines is 1. The molecule has 0 unspecified atom stereocenters. The Bertz CT molecular complexity index is 689. The fourth-order valence-electron chi connectivity index (χ4n) is 1.80. The first-order chi connectivity index (χ1) is 9.81. The van der Waals surface area contributed by atoms with E-state index in [4.69, 9.17) is 0 Å². The number of amides is 1. The molecule has 1 N–H and O–H groups in total. The van der Waals surface area contributed by atoms with Gasteiger partial charge in [0.25, 0.3) is 0 Å². The molecule has 0 atom stereocenters. The molecule has 2 heterocycles. The van der Waals surface area contributed by atoms with Crippen molar-refractivity contribution in [2.75, 3.05) is 5.32 Å². The third-order valence-electron chi connectivity index (χ3n) is 2.71. The van der Waals surface area contributed by atoms with E-state index < -0.39 is 0 Å². The molecule has 0 aliphatic carbocycles. The maximum Gasteiger partial charge on any atom is 0.231 e. The minimum Gasteiger partial charge on any atom is -0.364 e. The van der Waals surface area contributed by atoms with Gasteiger partial charge in [-0.15, -0.1) is 0 Å². The molecule has 0 saturated carbocycles. The van der Waals surface area contributed by atoms with Crippen molar-refractivity contribution < 1.29 is 9.32 Å². The van der Waals surface area contributed by atoms with Crippen LogP contribution in [0.15, 0.2) is 59.4 Å². The lowest BCUT2D eigenvalue weighted by molar-refractivity contribution is -0.115. The minimum atomic E-state index is -0.183. The van der Waals surface area contributed by atoms with Gasteiger partial charge < -0.3 is 9.84 Å². The van der Waals surface area contributed by atoms with Crippen LogP contribution in [-0.4, -0.2) is 20.8 Å². The number of hydrogen-bond acceptors (Lipinski definition) is 4. The fraction of sp³-hybridized carbons (Fsp3) is 0.0714. The van der Waals surface area contributed by atoms with Gasteiger partial charge in [0.05, 0.1) is 17.8 Å². The lowest BCUT2D eigenvalue weighted by Gasteiger charge is -2.01. The van der Waals surface area contributed by atoms with Gasteiger partial charge in [-0.3, -0.25) is 4.79 Å². The predicted octanol–water partition coefficient (Wildman–Crippen LogP) is 2.04. The molecule has 20 heavy (non-hydrogen) atoms. The Kier molecular flexibility index (Phi) is 3.28. The Morgan fingerprint density at radius 2 is 2.05 bits per heavy atom. The van der Waals surface area contributed by atoms with Crippen molar-refractivity contribution in [1.82, 2.24) is 14.9 Å². The summed E-state index contributed by atoms with van der Waals surface area (Å²) in [4.78, 5) is 11.8. The number of hydrogen-bond donors (Lipinski definition) is 1. The highest BCUT2D eigenvalue weighted by molar-refractivity contribution is 5.91. The Morgan fingerprint density at radius 1 is 1.20 bits per heavy atom. The molecule has 2 aromatic heterocycles. The van der Waals surface area contributed by atoms with E-state index in [1.54, 1.807) is 23.0 Å². The van der Waals surface area contributed by atoms with E-state index in [1.165, 1.54) is 6.26 Å². The molecule has 0 spiro atoms. The summed E-state index contributed by atoms with van der Waals surface area (Å²) in [7, 11) is 0. The molecule has 0 aliphatic heterocycles. The monoisotopic (exact) mass is 268 g/mol. The second kappa shape index (κ2) is 5.40. The fourth-order valence-corrected chi connectivity index (χ4v) is 1.80. The lowest BCUT2D eigenvalue weighted by Crippen LogP contribution is -2.15. The number of nitrogens with zero attached hydrogens (tertiary/aromatic N) is 3. The topological polar surface area (TPSA) is 73.0 Å². The molecule has 0 radical (unpaired) electrons. The van der Waals surface area contributed by atoms with Gasteiger partial charge in [-0.25, -0.2) is 4.68 Å². The smallest absolute Gasteiger partial charge is 0.231 e. The van der Waals surface area contributed by atoms with Gasteiger partial charge in [0, 0.05) is 18.3 Å². The third-order valence-corrected chi connectivity index (χ3v) is 2.71. The van der Waals surface area contributed by atoms with Crippen molar-refractivity contribution in [2.45, 2.75) is 6.42 Å². The summed E-state index contributed by atoms with van der Waals surface area (Å²) in [6.07, 6.45) is 3.39. The minimum absolute atomic E-state index is 0.161. The van der Waals surface area contributed by atoms with E-state index >= 15 is 0 Å². The first kappa shape index (κ1) is 12.2. The van der Waals surface area contributed by atoms with Crippen LogP contribution in [0.1, 0.15) is 5.69 Å². The van der Waals surface area contributed by atoms with Gasteiger partial charge >= 0.3 is 0 Å². The average Bonchev–Trinajstić information content (AvgIpc) is 3.11. The third kappa shape index (κ3) is 2.74. The van der Waals surface area contributed by atoms with Crippen LogP contribution in [0.5, 0.6) is 0 Å². The quantitative estimate of drug-likeness (QED) is 0.785. The second-order valence-electron chi connectivity index (χ2n) is 4.20. The first-order valence-electron chi connectivity index (χ1n) is 6.11. The molecule has 0 aliphatic rings. The Morgan fingerprint density at radius 3 is 2.80 bits per heavy atom. The molecule has 0 fully saturated rings. The standard InChI is InChI=1S/C14H12N4O2/c19-14(10-11-7-9-20-17-11)15-13-6-8-18(16-13)12-4-2-1-3-5-12/h1-9H,10H2,(H,15,16,19). The summed E-state index contributed by atoms with van der Waals surface area (Å²) >= 11 is 0. The molecule has 3 rings (SSSR count). The zero-order chi connectivity index (χ0) is 13.8. The van der Waals surface area contributed by atoms with Gasteiger partial charge in [-0.1, -0.05) is 23.4 Å². The van der Waals surface area contributed by atoms with Crippen LogP contribution in [0.3, 0.4) is 0 Å². The van der Waals surface area contributed by atoms with Crippen molar-refractivity contribution in [3.05, 3.63) is 60.6 Å². The van der Waals surface area contributed by atoms with E-state index in [9.17, 15) is 4.79 Å². The molecule has 6 nitrogen and oxygen atoms in total. The maximum atomic E-state index is 11.8. The Balaban J connectivity index is 1.67. The summed E-state index contributed by atoms with van der Waals surface area (Å²) < 4.78 is 6.38. The van der Waals surface area contributed by atoms with Gasteiger partial charge in [-0.05, 0) is 12.1 Å². The van der Waals surface area contributed by atoms with Crippen LogP contribution >= 0.6 is 0 Å². The SMILES string of the molecule is O=C(Cc1ccon1)Nc1ccn(-c2ccccc2)n1. The van der Waals surface area contributed by atoms with Crippen LogP contribution in [0, 0.1) is 0 Å². The van der Waals surface area contributed by atoms with E-state index in [-0.39, 0.29) is 12.3 Å². The number of benzene rings is 1. The summed E-state index contributed by atoms with van der Waals surface area (Å²) in [5.74, 6) is 0.319. The van der Waals surface area contributed by atoms with Crippen molar-refractivity contribution in [2.24, 2.45) is 0 Å². The predicted molar refractivity (Wildman–Crippen MR) is 72.4 cm³/mol. The molecule has 0 bridgehead atoms. The van der Waals surface area contributed by atoms with Crippen molar-refractivity contribution in [1.29, 1.82) is 0 Å². The lowest BCUT2D eigenvalue weighted by atomic mass is 10.3. The van der Waals surface area contributed by atoms with E-state index in [1.807, 2.05) is 30.3 Å². The van der Waals surface area contributed by atoms with Crippen molar-refractivity contribution in [3.8, 4) is 5.69 Å². The highest BCUT2D eigenvalue weighted by atomic mass is 16.5. The van der Waals surface area contributed by atoms with Crippen LogP contribution < -0.4 is 5.32 Å². The molecule has 3 aromatic rings. The summed E-state index contributed by atoms with van der Waals surface area (Å²) in [5.41, 5.74) is 1.52. The van der Waals surface area contributed by atoms with Gasteiger partial charge in [0.1, 0.15) is 6.26 Å². The molecular weight excluding hydrogens is 256 g/mol. The summed E-state index contributed by atoms with van der Waals surface area (Å²) in [6.45, 7) is 0. The van der Waals surface area contributed by atoms with E-state index in [2.05, 4.69) is 20.1 Å². The maximum absolute atomic E-state index is 11.8. The number of para-hydroxylation sites is 1. The zero-order valence-corrected chi connectivity index (χ0v) is 10.6. The Hall–Kier alpha value is -2.89. The normalized spacial score (nSPS) is 10.4. The van der Waals surface area contributed by atoms with Crippen LogP contribution in [0.4, 0.5) is 5.82 Å². The Labute approximate surface area is 115 Å². The average molecular weight is 268 g/mol. The number of nitrogens with one attached hydrogen (secondary N) is 1. The number of carbonyl (C=O) groups excluding carboxylic acids is 1. The largest absolute Gasteiger partial charge is 0.364 e. The van der Waals surface area contributed by atoms with Crippen molar-refractivity contribution in [3.63, 3.8) is 0 Å². The highest BCUT2D eigenvalue weighted by Gasteiger charge is 2.08. The van der Waals surface area contributed by atoms with Crippen LogP contribution in [0.25, 0.3) is 5.69 Å². The molecule has 6 heteroatoms. The van der Waals surface area contributed by atoms with Gasteiger partial charge in [0.2, 0.25) is 5.91 Å². The first-order valence-corrected chi connectivity index (χ1v) is 6.11. The zero-order valence-electron chi connectivity index (χ0n) is 10.6. The second-order valence-corrected chi connectivity index (χ2v) is 4.20. The van der Waals surface area contributed by atoms with Crippen molar-refractivity contribution >= 4 is 11.7 Å².